The van der Waals surface area contributed by atoms with Crippen molar-refractivity contribution in [2.45, 2.75) is 45.2 Å². The number of aromatic nitrogens is 2. The van der Waals surface area contributed by atoms with Crippen LogP contribution in [0.1, 0.15) is 39.7 Å². The van der Waals surface area contributed by atoms with Crippen molar-refractivity contribution in [3.8, 4) is 11.8 Å². The fraction of sp³-hybridized carbons (Fsp3) is 0.467. The van der Waals surface area contributed by atoms with Crippen LogP contribution >= 0.6 is 0 Å². The van der Waals surface area contributed by atoms with Gasteiger partial charge in [-0.15, -0.1) is 10.3 Å². The fourth-order valence-electron chi connectivity index (χ4n) is 2.58. The minimum atomic E-state index is -0.650. The number of hydrogen-bond acceptors (Lipinski definition) is 3. The molecule has 6 nitrogen and oxygen atoms in total. The lowest BCUT2D eigenvalue weighted by Gasteiger charge is -2.44. The monoisotopic (exact) mass is 288 g/mol. The Balaban J connectivity index is 2.39. The van der Waals surface area contributed by atoms with Gasteiger partial charge in [0.1, 0.15) is 5.56 Å². The van der Waals surface area contributed by atoms with Gasteiger partial charge in [-0.25, -0.2) is 4.79 Å². The number of nitrogens with zero attached hydrogens (tertiary/aromatic N) is 1. The molecule has 1 aliphatic rings. The van der Waals surface area contributed by atoms with Gasteiger partial charge in [-0.05, 0) is 27.7 Å². The molecule has 1 aromatic heterocycles. The van der Waals surface area contributed by atoms with Gasteiger partial charge >= 0.3 is 5.69 Å². The average Bonchev–Trinajstić information content (AvgIpc) is 2.34. The van der Waals surface area contributed by atoms with Gasteiger partial charge in [-0.3, -0.25) is 9.78 Å². The highest BCUT2D eigenvalue weighted by molar-refractivity contribution is 5.41. The van der Waals surface area contributed by atoms with Crippen molar-refractivity contribution in [3.63, 3.8) is 0 Å². The molecule has 0 saturated carbocycles. The lowest BCUT2D eigenvalue weighted by Crippen LogP contribution is -2.54. The molecule has 0 bridgehead atoms. The van der Waals surface area contributed by atoms with Crippen LogP contribution in [0.2, 0.25) is 0 Å². The first-order chi connectivity index (χ1) is 9.62. The molecule has 0 spiro atoms. The Labute approximate surface area is 122 Å². The molecular formula is C15H18N3O3. The first-order valence-electron chi connectivity index (χ1n) is 6.65. The topological polar surface area (TPSA) is 88.9 Å². The zero-order valence-electron chi connectivity index (χ0n) is 12.5. The Bertz CT molecular complexity index is 757. The molecule has 111 valence electrons. The molecular weight excluding hydrogens is 270 g/mol. The van der Waals surface area contributed by atoms with Gasteiger partial charge in [0.2, 0.25) is 0 Å². The SMILES string of the molecule is CC1(C)C=C(C#Cc2c[nH]c(=O)[nH]c2=O)CC(C)(C)N1[O]. The number of aromatic amines is 2. The molecule has 0 saturated heterocycles. The second-order valence-corrected chi connectivity index (χ2v) is 6.34. The molecule has 1 radical (unpaired) electrons. The molecule has 0 aromatic carbocycles. The smallest absolute Gasteiger partial charge is 0.313 e. The summed E-state index contributed by atoms with van der Waals surface area (Å²) in [7, 11) is 0. The fourth-order valence-corrected chi connectivity index (χ4v) is 2.58. The molecule has 2 heterocycles. The van der Waals surface area contributed by atoms with Crippen molar-refractivity contribution in [2.75, 3.05) is 0 Å². The van der Waals surface area contributed by atoms with Crippen molar-refractivity contribution < 1.29 is 5.21 Å². The molecule has 21 heavy (non-hydrogen) atoms. The van der Waals surface area contributed by atoms with E-state index in [9.17, 15) is 14.8 Å². The summed E-state index contributed by atoms with van der Waals surface area (Å²) in [5.41, 5.74) is -1.29. The number of hydroxylamine groups is 2. The van der Waals surface area contributed by atoms with Crippen LogP contribution in [0.4, 0.5) is 0 Å². The largest absolute Gasteiger partial charge is 0.325 e. The molecule has 2 N–H and O–H groups in total. The minimum absolute atomic E-state index is 0.190. The van der Waals surface area contributed by atoms with Crippen LogP contribution in [0.15, 0.2) is 27.4 Å². The van der Waals surface area contributed by atoms with Crippen LogP contribution in [-0.2, 0) is 5.21 Å². The zero-order chi connectivity index (χ0) is 15.8. The van der Waals surface area contributed by atoms with Crippen LogP contribution in [0.25, 0.3) is 0 Å². The Morgan fingerprint density at radius 2 is 1.86 bits per heavy atom. The van der Waals surface area contributed by atoms with Gasteiger partial charge in [0.05, 0.1) is 5.54 Å². The molecule has 1 aromatic rings. The van der Waals surface area contributed by atoms with E-state index in [1.807, 2.05) is 33.8 Å². The summed E-state index contributed by atoms with van der Waals surface area (Å²) in [6.45, 7) is 7.39. The summed E-state index contributed by atoms with van der Waals surface area (Å²) in [6.07, 6.45) is 3.61. The molecule has 0 unspecified atom stereocenters. The van der Waals surface area contributed by atoms with Crippen LogP contribution in [0.5, 0.6) is 0 Å². The third-order valence-corrected chi connectivity index (χ3v) is 3.40. The lowest BCUT2D eigenvalue weighted by molar-refractivity contribution is -0.262. The minimum Gasteiger partial charge on any atom is -0.313 e. The first kappa shape index (κ1) is 15.3. The maximum absolute atomic E-state index is 12.2. The van der Waals surface area contributed by atoms with E-state index in [0.717, 1.165) is 10.6 Å². The normalized spacial score (nSPS) is 20.3. The van der Waals surface area contributed by atoms with E-state index in [2.05, 4.69) is 21.8 Å². The summed E-state index contributed by atoms with van der Waals surface area (Å²) >= 11 is 0. The Morgan fingerprint density at radius 3 is 2.43 bits per heavy atom. The number of hydrogen-bond donors (Lipinski definition) is 2. The third-order valence-electron chi connectivity index (χ3n) is 3.40. The molecule has 0 amide bonds. The number of H-pyrrole nitrogens is 2. The third kappa shape index (κ3) is 3.15. The second kappa shape index (κ2) is 5.02. The Morgan fingerprint density at radius 1 is 1.19 bits per heavy atom. The second-order valence-electron chi connectivity index (χ2n) is 6.34. The number of rotatable bonds is 0. The van der Waals surface area contributed by atoms with Gasteiger partial charge in [0.15, 0.2) is 0 Å². The van der Waals surface area contributed by atoms with Gasteiger partial charge in [0.25, 0.3) is 5.56 Å². The van der Waals surface area contributed by atoms with Crippen molar-refractivity contribution in [2.24, 2.45) is 0 Å². The molecule has 2 rings (SSSR count). The predicted octanol–water partition coefficient (Wildman–Crippen LogP) is 0.950. The van der Waals surface area contributed by atoms with Crippen molar-refractivity contribution in [1.82, 2.24) is 15.0 Å². The predicted molar refractivity (Wildman–Crippen MR) is 77.9 cm³/mol. The van der Waals surface area contributed by atoms with Gasteiger partial charge in [-0.2, -0.15) is 0 Å². The highest BCUT2D eigenvalue weighted by atomic mass is 16.5. The lowest BCUT2D eigenvalue weighted by atomic mass is 9.83. The van der Waals surface area contributed by atoms with E-state index in [1.165, 1.54) is 6.20 Å². The summed E-state index contributed by atoms with van der Waals surface area (Å²) in [6, 6.07) is 0. The number of nitrogens with one attached hydrogen (secondary N) is 2. The Kier molecular flexibility index (Phi) is 3.66. The Hall–Kier alpha value is -2.10. The molecule has 0 fully saturated rings. The highest BCUT2D eigenvalue weighted by Crippen LogP contribution is 2.35. The maximum atomic E-state index is 12.2. The van der Waals surface area contributed by atoms with Crippen molar-refractivity contribution in [3.05, 3.63) is 44.2 Å². The quantitative estimate of drug-likeness (QED) is 0.697. The molecule has 0 aliphatic carbocycles. The summed E-state index contributed by atoms with van der Waals surface area (Å²) in [5, 5.41) is 13.3. The summed E-state index contributed by atoms with van der Waals surface area (Å²) in [4.78, 5) is 27.0. The maximum Gasteiger partial charge on any atom is 0.325 e. The average molecular weight is 288 g/mol. The van der Waals surface area contributed by atoms with Gasteiger partial charge in [0, 0.05) is 23.7 Å². The highest BCUT2D eigenvalue weighted by Gasteiger charge is 2.41. The summed E-state index contributed by atoms with van der Waals surface area (Å²) in [5.74, 6) is 5.68. The first-order valence-corrected chi connectivity index (χ1v) is 6.65. The van der Waals surface area contributed by atoms with Crippen LogP contribution < -0.4 is 11.2 Å². The van der Waals surface area contributed by atoms with Crippen LogP contribution in [0, 0.1) is 11.8 Å². The zero-order valence-corrected chi connectivity index (χ0v) is 12.5. The van der Waals surface area contributed by atoms with Crippen LogP contribution in [-0.4, -0.2) is 26.1 Å². The van der Waals surface area contributed by atoms with E-state index in [1.54, 1.807) is 0 Å². The van der Waals surface area contributed by atoms with Crippen molar-refractivity contribution >= 4 is 0 Å². The van der Waals surface area contributed by atoms with Gasteiger partial charge in [-0.1, -0.05) is 17.9 Å². The van der Waals surface area contributed by atoms with E-state index in [-0.39, 0.29) is 5.56 Å². The van der Waals surface area contributed by atoms with E-state index in [0.29, 0.717) is 6.42 Å². The molecule has 6 heteroatoms. The van der Waals surface area contributed by atoms with Crippen LogP contribution in [0.3, 0.4) is 0 Å². The molecule has 0 atom stereocenters. The standard InChI is InChI=1S/C15H18N3O3/c1-14(2)7-10(8-15(3,4)18(14)21)5-6-11-9-16-13(20)17-12(11)19/h7,9H,8H2,1-4H3,(H2,16,17,19,20). The van der Waals surface area contributed by atoms with E-state index < -0.39 is 22.3 Å². The molecule has 1 aliphatic heterocycles. The van der Waals surface area contributed by atoms with Gasteiger partial charge < -0.3 is 4.98 Å². The van der Waals surface area contributed by atoms with E-state index in [4.69, 9.17) is 0 Å². The van der Waals surface area contributed by atoms with Crippen molar-refractivity contribution in [1.29, 1.82) is 0 Å². The summed E-state index contributed by atoms with van der Waals surface area (Å²) < 4.78 is 0. The van der Waals surface area contributed by atoms with E-state index >= 15 is 0 Å².